The quantitative estimate of drug-likeness (QED) is 0.854. The standard InChI is InChI=1S/C10H12BrN3O2S/c1-14(6-2-5-12)17(15,16)8-3-4-10(13)9(11)7-8/h3-4,7H,2,6,13H2,1H3. The Labute approximate surface area is 109 Å². The molecule has 0 aromatic heterocycles. The highest BCUT2D eigenvalue weighted by Gasteiger charge is 2.20. The van der Waals surface area contributed by atoms with Gasteiger partial charge in [-0.05, 0) is 34.1 Å². The molecule has 92 valence electrons. The van der Waals surface area contributed by atoms with E-state index in [1.54, 1.807) is 0 Å². The van der Waals surface area contributed by atoms with Crippen LogP contribution in [0.2, 0.25) is 0 Å². The Kier molecular flexibility index (Phi) is 4.51. The summed E-state index contributed by atoms with van der Waals surface area (Å²) >= 11 is 3.18. The van der Waals surface area contributed by atoms with Crippen molar-refractivity contribution in [3.63, 3.8) is 0 Å². The van der Waals surface area contributed by atoms with Crippen molar-refractivity contribution in [3.05, 3.63) is 22.7 Å². The van der Waals surface area contributed by atoms with E-state index in [9.17, 15) is 8.42 Å². The summed E-state index contributed by atoms with van der Waals surface area (Å²) in [5, 5.41) is 8.44. The lowest BCUT2D eigenvalue weighted by Gasteiger charge is -2.16. The third kappa shape index (κ3) is 3.19. The van der Waals surface area contributed by atoms with Gasteiger partial charge in [-0.3, -0.25) is 0 Å². The van der Waals surface area contributed by atoms with Crippen LogP contribution in [0.4, 0.5) is 5.69 Å². The first kappa shape index (κ1) is 14.0. The highest BCUT2D eigenvalue weighted by atomic mass is 79.9. The molecular weight excluding hydrogens is 306 g/mol. The summed E-state index contributed by atoms with van der Waals surface area (Å²) in [5.74, 6) is 0. The van der Waals surface area contributed by atoms with Crippen LogP contribution in [0.3, 0.4) is 0 Å². The van der Waals surface area contributed by atoms with Gasteiger partial charge in [0.2, 0.25) is 10.0 Å². The van der Waals surface area contributed by atoms with Crippen LogP contribution in [0.15, 0.2) is 27.6 Å². The number of nitriles is 1. The number of nitrogen functional groups attached to an aromatic ring is 1. The van der Waals surface area contributed by atoms with Crippen LogP contribution in [0.25, 0.3) is 0 Å². The molecule has 17 heavy (non-hydrogen) atoms. The molecule has 0 atom stereocenters. The van der Waals surface area contributed by atoms with Gasteiger partial charge < -0.3 is 5.73 Å². The molecule has 1 aromatic rings. The maximum atomic E-state index is 12.1. The fraction of sp³-hybridized carbons (Fsp3) is 0.300. The molecule has 0 heterocycles. The van der Waals surface area contributed by atoms with Crippen molar-refractivity contribution in [1.29, 1.82) is 5.26 Å². The number of sulfonamides is 1. The van der Waals surface area contributed by atoms with Crippen molar-refractivity contribution in [2.75, 3.05) is 19.3 Å². The molecule has 0 fully saturated rings. The summed E-state index contributed by atoms with van der Waals surface area (Å²) in [6.07, 6.45) is 0.159. The van der Waals surface area contributed by atoms with E-state index in [-0.39, 0.29) is 17.9 Å². The van der Waals surface area contributed by atoms with Crippen LogP contribution in [0.1, 0.15) is 6.42 Å². The zero-order valence-corrected chi connectivity index (χ0v) is 11.6. The summed E-state index contributed by atoms with van der Waals surface area (Å²) in [6.45, 7) is 0.167. The van der Waals surface area contributed by atoms with Crippen LogP contribution in [-0.2, 0) is 10.0 Å². The second kappa shape index (κ2) is 5.49. The van der Waals surface area contributed by atoms with Crippen molar-refractivity contribution < 1.29 is 8.42 Å². The maximum Gasteiger partial charge on any atom is 0.242 e. The molecule has 1 rings (SSSR count). The predicted molar refractivity (Wildman–Crippen MR) is 68.6 cm³/mol. The van der Waals surface area contributed by atoms with Crippen LogP contribution in [0, 0.1) is 11.3 Å². The number of hydrogen-bond acceptors (Lipinski definition) is 4. The summed E-state index contributed by atoms with van der Waals surface area (Å²) in [7, 11) is -2.11. The largest absolute Gasteiger partial charge is 0.398 e. The highest BCUT2D eigenvalue weighted by Crippen LogP contribution is 2.24. The molecule has 7 heteroatoms. The molecule has 5 nitrogen and oxygen atoms in total. The third-order valence-corrected chi connectivity index (χ3v) is 4.76. The Bertz CT molecular complexity index is 551. The van der Waals surface area contributed by atoms with Gasteiger partial charge in [0.1, 0.15) is 0 Å². The van der Waals surface area contributed by atoms with Crippen molar-refractivity contribution in [2.24, 2.45) is 0 Å². The van der Waals surface area contributed by atoms with Gasteiger partial charge in [0, 0.05) is 30.2 Å². The van der Waals surface area contributed by atoms with Gasteiger partial charge in [-0.25, -0.2) is 8.42 Å². The SMILES string of the molecule is CN(CCC#N)S(=O)(=O)c1ccc(N)c(Br)c1. The lowest BCUT2D eigenvalue weighted by Crippen LogP contribution is -2.27. The number of benzene rings is 1. The van der Waals surface area contributed by atoms with E-state index in [2.05, 4.69) is 15.9 Å². The number of rotatable bonds is 4. The number of anilines is 1. The number of halogens is 1. The number of hydrogen-bond donors (Lipinski definition) is 1. The van der Waals surface area contributed by atoms with Gasteiger partial charge in [0.05, 0.1) is 11.0 Å². The first-order valence-electron chi connectivity index (χ1n) is 4.78. The summed E-state index contributed by atoms with van der Waals surface area (Å²) < 4.78 is 25.8. The molecule has 0 saturated carbocycles. The maximum absolute atomic E-state index is 12.1. The molecule has 2 N–H and O–H groups in total. The van der Waals surface area contributed by atoms with Crippen molar-refractivity contribution in [2.45, 2.75) is 11.3 Å². The monoisotopic (exact) mass is 317 g/mol. The smallest absolute Gasteiger partial charge is 0.242 e. The summed E-state index contributed by atoms with van der Waals surface area (Å²) in [6, 6.07) is 6.32. The molecule has 0 aliphatic carbocycles. The molecule has 0 saturated heterocycles. The second-order valence-corrected chi connectivity index (χ2v) is 6.32. The van der Waals surface area contributed by atoms with E-state index < -0.39 is 10.0 Å². The van der Waals surface area contributed by atoms with Crippen molar-refractivity contribution in [1.82, 2.24) is 4.31 Å². The van der Waals surface area contributed by atoms with Gasteiger partial charge in [-0.15, -0.1) is 0 Å². The average molecular weight is 318 g/mol. The third-order valence-electron chi connectivity index (χ3n) is 2.22. The van der Waals surface area contributed by atoms with E-state index in [4.69, 9.17) is 11.0 Å². The molecule has 0 aliphatic heterocycles. The molecular formula is C10H12BrN3O2S. The number of nitrogens with zero attached hydrogens (tertiary/aromatic N) is 2. The Morgan fingerprint density at radius 2 is 2.18 bits per heavy atom. The lowest BCUT2D eigenvalue weighted by molar-refractivity contribution is 0.476. The Balaban J connectivity index is 3.05. The Hall–Kier alpha value is -1.10. The molecule has 0 spiro atoms. The second-order valence-electron chi connectivity index (χ2n) is 3.42. The van der Waals surface area contributed by atoms with Crippen LogP contribution in [-0.4, -0.2) is 26.3 Å². The van der Waals surface area contributed by atoms with Crippen molar-refractivity contribution in [3.8, 4) is 6.07 Å². The molecule has 0 aliphatic rings. The molecule has 0 amide bonds. The van der Waals surface area contributed by atoms with Crippen molar-refractivity contribution >= 4 is 31.6 Å². The minimum absolute atomic E-state index is 0.152. The molecule has 0 unspecified atom stereocenters. The first-order chi connectivity index (χ1) is 7.89. The molecule has 1 aromatic carbocycles. The van der Waals surface area contributed by atoms with E-state index >= 15 is 0 Å². The van der Waals surface area contributed by atoms with Gasteiger partial charge in [-0.2, -0.15) is 9.57 Å². The van der Waals surface area contributed by atoms with Gasteiger partial charge >= 0.3 is 0 Å². The number of nitrogens with two attached hydrogens (primary N) is 1. The predicted octanol–water partition coefficient (Wildman–Crippen LogP) is 1.57. The van der Waals surface area contributed by atoms with Gasteiger partial charge in [-0.1, -0.05) is 0 Å². The first-order valence-corrected chi connectivity index (χ1v) is 7.01. The summed E-state index contributed by atoms with van der Waals surface area (Å²) in [5.41, 5.74) is 6.07. The average Bonchev–Trinajstić information content (AvgIpc) is 2.29. The Morgan fingerprint density at radius 1 is 1.53 bits per heavy atom. The van der Waals surface area contributed by atoms with Crippen LogP contribution < -0.4 is 5.73 Å². The van der Waals surface area contributed by atoms with Gasteiger partial charge in [0.25, 0.3) is 0 Å². The topological polar surface area (TPSA) is 87.2 Å². The van der Waals surface area contributed by atoms with E-state index in [0.29, 0.717) is 10.2 Å². The van der Waals surface area contributed by atoms with E-state index in [0.717, 1.165) is 4.31 Å². The zero-order chi connectivity index (χ0) is 13.1. The van der Waals surface area contributed by atoms with Crippen LogP contribution in [0.5, 0.6) is 0 Å². The van der Waals surface area contributed by atoms with E-state index in [1.165, 1.54) is 25.2 Å². The molecule has 0 bridgehead atoms. The molecule has 0 radical (unpaired) electrons. The minimum atomic E-state index is -3.55. The highest BCUT2D eigenvalue weighted by molar-refractivity contribution is 9.10. The fourth-order valence-corrected chi connectivity index (χ4v) is 2.90. The van der Waals surface area contributed by atoms with Crippen LogP contribution >= 0.6 is 15.9 Å². The lowest BCUT2D eigenvalue weighted by atomic mass is 10.3. The summed E-state index contributed by atoms with van der Waals surface area (Å²) in [4.78, 5) is 0.152. The zero-order valence-electron chi connectivity index (χ0n) is 9.22. The minimum Gasteiger partial charge on any atom is -0.398 e. The Morgan fingerprint density at radius 3 is 2.71 bits per heavy atom. The van der Waals surface area contributed by atoms with E-state index in [1.807, 2.05) is 6.07 Å². The normalized spacial score (nSPS) is 11.4. The van der Waals surface area contributed by atoms with Gasteiger partial charge in [0.15, 0.2) is 0 Å². The fourth-order valence-electron chi connectivity index (χ4n) is 1.18.